The maximum atomic E-state index is 12.5. The van der Waals surface area contributed by atoms with Crippen molar-refractivity contribution in [2.45, 2.75) is 37.6 Å². The van der Waals surface area contributed by atoms with Gasteiger partial charge >= 0.3 is 6.03 Å². The van der Waals surface area contributed by atoms with Crippen LogP contribution in [0.4, 0.5) is 10.5 Å². The van der Waals surface area contributed by atoms with Gasteiger partial charge in [-0.2, -0.15) is 0 Å². The maximum absolute atomic E-state index is 12.5. The number of amides is 5. The predicted octanol–water partition coefficient (Wildman–Crippen LogP) is 1.24. The highest BCUT2D eigenvalue weighted by Crippen LogP contribution is 2.35. The van der Waals surface area contributed by atoms with E-state index in [9.17, 15) is 19.2 Å². The van der Waals surface area contributed by atoms with Crippen molar-refractivity contribution in [2.75, 3.05) is 18.9 Å². The molecule has 1 saturated heterocycles. The highest BCUT2D eigenvalue weighted by molar-refractivity contribution is 6.07. The number of rotatable bonds is 5. The monoisotopic (exact) mass is 358 g/mol. The molecule has 1 spiro atoms. The minimum absolute atomic E-state index is 0.0203. The lowest BCUT2D eigenvalue weighted by Crippen LogP contribution is -2.44. The molecule has 0 unspecified atom stereocenters. The standard InChI is InChI=1S/C18H22N4O4/c1-19-15(24)12-4-6-13(7-5-12)20-14(23)8-11-22-16(25)18(21-17(22)26)9-2-3-10-18/h4-7H,2-3,8-11H2,1H3,(H,19,24)(H,20,23)(H,21,26). The van der Waals surface area contributed by atoms with E-state index in [2.05, 4.69) is 16.0 Å². The summed E-state index contributed by atoms with van der Waals surface area (Å²) in [4.78, 5) is 49.3. The van der Waals surface area contributed by atoms with Crippen molar-refractivity contribution in [3.63, 3.8) is 0 Å². The van der Waals surface area contributed by atoms with Gasteiger partial charge in [-0.25, -0.2) is 4.79 Å². The molecule has 1 aliphatic carbocycles. The summed E-state index contributed by atoms with van der Waals surface area (Å²) in [6, 6.07) is 6.05. The van der Waals surface area contributed by atoms with Crippen molar-refractivity contribution in [3.05, 3.63) is 29.8 Å². The Morgan fingerprint density at radius 3 is 2.42 bits per heavy atom. The molecule has 1 aromatic carbocycles. The molecule has 3 rings (SSSR count). The first-order chi connectivity index (χ1) is 12.4. The molecule has 8 heteroatoms. The third-order valence-corrected chi connectivity index (χ3v) is 4.92. The van der Waals surface area contributed by atoms with Gasteiger partial charge in [0.05, 0.1) is 0 Å². The second-order valence-electron chi connectivity index (χ2n) is 6.63. The number of imide groups is 1. The maximum Gasteiger partial charge on any atom is 0.325 e. The molecule has 26 heavy (non-hydrogen) atoms. The van der Waals surface area contributed by atoms with Crippen LogP contribution in [-0.4, -0.2) is 47.8 Å². The summed E-state index contributed by atoms with van der Waals surface area (Å²) in [5.74, 6) is -0.726. The number of carbonyl (C=O) groups is 4. The first-order valence-corrected chi connectivity index (χ1v) is 8.71. The van der Waals surface area contributed by atoms with E-state index in [1.807, 2.05) is 0 Å². The van der Waals surface area contributed by atoms with Crippen molar-refractivity contribution in [1.29, 1.82) is 0 Å². The Morgan fingerprint density at radius 2 is 1.81 bits per heavy atom. The van der Waals surface area contributed by atoms with E-state index in [1.54, 1.807) is 31.3 Å². The number of nitrogens with zero attached hydrogens (tertiary/aromatic N) is 1. The number of carbonyl (C=O) groups excluding carboxylic acids is 4. The molecular formula is C18H22N4O4. The van der Waals surface area contributed by atoms with Gasteiger partial charge in [0.25, 0.3) is 11.8 Å². The topological polar surface area (TPSA) is 108 Å². The van der Waals surface area contributed by atoms with Gasteiger partial charge in [0.2, 0.25) is 5.91 Å². The summed E-state index contributed by atoms with van der Waals surface area (Å²) in [6.07, 6.45) is 3.20. The average Bonchev–Trinajstić information content (AvgIpc) is 3.19. The second-order valence-corrected chi connectivity index (χ2v) is 6.63. The first-order valence-electron chi connectivity index (χ1n) is 8.71. The Balaban J connectivity index is 1.53. The quantitative estimate of drug-likeness (QED) is 0.688. The van der Waals surface area contributed by atoms with E-state index in [-0.39, 0.29) is 30.7 Å². The third kappa shape index (κ3) is 3.40. The molecule has 3 N–H and O–H groups in total. The molecule has 138 valence electrons. The fourth-order valence-electron chi connectivity index (χ4n) is 3.48. The number of benzene rings is 1. The van der Waals surface area contributed by atoms with Gasteiger partial charge in [-0.05, 0) is 37.1 Å². The molecule has 5 amide bonds. The average molecular weight is 358 g/mol. The zero-order chi connectivity index (χ0) is 18.7. The van der Waals surface area contributed by atoms with Crippen LogP contribution in [0.1, 0.15) is 42.5 Å². The number of nitrogens with one attached hydrogen (secondary N) is 3. The third-order valence-electron chi connectivity index (χ3n) is 4.92. The first kappa shape index (κ1) is 17.9. The summed E-state index contributed by atoms with van der Waals surface area (Å²) in [6.45, 7) is 0.0502. The van der Waals surface area contributed by atoms with E-state index in [1.165, 1.54) is 0 Å². The normalized spacial score (nSPS) is 18.1. The van der Waals surface area contributed by atoms with Gasteiger partial charge in [-0.1, -0.05) is 12.8 Å². The van der Waals surface area contributed by atoms with Gasteiger partial charge in [-0.15, -0.1) is 0 Å². The van der Waals surface area contributed by atoms with Crippen molar-refractivity contribution < 1.29 is 19.2 Å². The second kappa shape index (κ2) is 7.15. The Bertz CT molecular complexity index is 738. The molecule has 0 radical (unpaired) electrons. The largest absolute Gasteiger partial charge is 0.355 e. The van der Waals surface area contributed by atoms with Crippen LogP contribution in [0.5, 0.6) is 0 Å². The molecule has 2 fully saturated rings. The van der Waals surface area contributed by atoms with Gasteiger partial charge in [0.1, 0.15) is 5.54 Å². The number of urea groups is 1. The van der Waals surface area contributed by atoms with Gasteiger partial charge in [0, 0.05) is 31.3 Å². The van der Waals surface area contributed by atoms with Crippen molar-refractivity contribution in [3.8, 4) is 0 Å². The molecule has 1 aliphatic heterocycles. The smallest absolute Gasteiger partial charge is 0.325 e. The van der Waals surface area contributed by atoms with Crippen LogP contribution in [0.3, 0.4) is 0 Å². The highest BCUT2D eigenvalue weighted by atomic mass is 16.2. The Labute approximate surface area is 151 Å². The van der Waals surface area contributed by atoms with E-state index >= 15 is 0 Å². The molecule has 0 bridgehead atoms. The van der Waals surface area contributed by atoms with Gasteiger partial charge in [0.15, 0.2) is 0 Å². The van der Waals surface area contributed by atoms with Crippen LogP contribution in [0.2, 0.25) is 0 Å². The van der Waals surface area contributed by atoms with Crippen LogP contribution in [0, 0.1) is 0 Å². The molecule has 1 saturated carbocycles. The van der Waals surface area contributed by atoms with Gasteiger partial charge < -0.3 is 16.0 Å². The minimum Gasteiger partial charge on any atom is -0.355 e. The summed E-state index contributed by atoms with van der Waals surface area (Å²) in [5.41, 5.74) is 0.294. The van der Waals surface area contributed by atoms with Crippen molar-refractivity contribution in [1.82, 2.24) is 15.5 Å². The molecule has 1 aromatic rings. The Hall–Kier alpha value is -2.90. The number of hydrogen-bond donors (Lipinski definition) is 3. The molecular weight excluding hydrogens is 336 g/mol. The molecule has 1 heterocycles. The van der Waals surface area contributed by atoms with Gasteiger partial charge in [-0.3, -0.25) is 19.3 Å². The summed E-state index contributed by atoms with van der Waals surface area (Å²) in [7, 11) is 1.55. The Kier molecular flexibility index (Phi) is 4.92. The van der Waals surface area contributed by atoms with Crippen LogP contribution in [0.15, 0.2) is 24.3 Å². The SMILES string of the molecule is CNC(=O)c1ccc(NC(=O)CCN2C(=O)NC3(CCCC3)C2=O)cc1. The minimum atomic E-state index is -0.747. The number of hydrogen-bond acceptors (Lipinski definition) is 4. The number of anilines is 1. The molecule has 0 atom stereocenters. The van der Waals surface area contributed by atoms with Crippen LogP contribution in [-0.2, 0) is 9.59 Å². The fraction of sp³-hybridized carbons (Fsp3) is 0.444. The molecule has 2 aliphatic rings. The highest BCUT2D eigenvalue weighted by Gasteiger charge is 2.52. The summed E-state index contributed by atoms with van der Waals surface area (Å²) in [5, 5.41) is 8.01. The Morgan fingerprint density at radius 1 is 1.15 bits per heavy atom. The fourth-order valence-corrected chi connectivity index (χ4v) is 3.48. The van der Waals surface area contributed by atoms with E-state index in [4.69, 9.17) is 0 Å². The zero-order valence-corrected chi connectivity index (χ0v) is 14.6. The molecule has 0 aromatic heterocycles. The van der Waals surface area contributed by atoms with Crippen molar-refractivity contribution >= 4 is 29.4 Å². The summed E-state index contributed by atoms with van der Waals surface area (Å²) >= 11 is 0. The lowest BCUT2D eigenvalue weighted by atomic mass is 9.98. The van der Waals surface area contributed by atoms with Crippen LogP contribution < -0.4 is 16.0 Å². The van der Waals surface area contributed by atoms with E-state index in [0.29, 0.717) is 24.1 Å². The van der Waals surface area contributed by atoms with Crippen LogP contribution in [0.25, 0.3) is 0 Å². The predicted molar refractivity (Wildman–Crippen MR) is 94.5 cm³/mol. The van der Waals surface area contributed by atoms with Crippen LogP contribution >= 0.6 is 0 Å². The lowest BCUT2D eigenvalue weighted by Gasteiger charge is -2.19. The summed E-state index contributed by atoms with van der Waals surface area (Å²) < 4.78 is 0. The zero-order valence-electron chi connectivity index (χ0n) is 14.6. The lowest BCUT2D eigenvalue weighted by molar-refractivity contribution is -0.131. The van der Waals surface area contributed by atoms with E-state index < -0.39 is 11.6 Å². The van der Waals surface area contributed by atoms with E-state index in [0.717, 1.165) is 17.7 Å². The molecule has 8 nitrogen and oxygen atoms in total. The van der Waals surface area contributed by atoms with Crippen molar-refractivity contribution in [2.24, 2.45) is 0 Å².